The molecule has 3 rings (SSSR count). The van der Waals surface area contributed by atoms with Crippen LogP contribution in [0.1, 0.15) is 31.5 Å². The van der Waals surface area contributed by atoms with Gasteiger partial charge in [0.05, 0.1) is 29.7 Å². The van der Waals surface area contributed by atoms with E-state index in [4.69, 9.17) is 4.74 Å². The highest BCUT2D eigenvalue weighted by atomic mass is 19.4. The molecule has 0 aliphatic rings. The summed E-state index contributed by atoms with van der Waals surface area (Å²) in [5, 5.41) is 12.4. The normalized spacial score (nSPS) is 11.8. The second-order valence-electron chi connectivity index (χ2n) is 6.79. The maximum absolute atomic E-state index is 13.6. The number of H-pyrrole nitrogens is 1. The van der Waals surface area contributed by atoms with E-state index in [-0.39, 0.29) is 29.3 Å². The number of nitrogens with one attached hydrogen (secondary N) is 2. The standard InChI is InChI=1S/C20H20F3N5O/c1-12(2)25-6-3-7-29-18-5-4-13(8-14(18)20(21,22)23)15-9-16-19(27-11-26-16)17(10-24)28-15/h4-5,8-9,11-12,25H,3,6-7H2,1-2H3,(H,26,27). The minimum atomic E-state index is -4.59. The molecule has 0 amide bonds. The summed E-state index contributed by atoms with van der Waals surface area (Å²) in [6, 6.07) is 7.58. The Morgan fingerprint density at radius 1 is 1.28 bits per heavy atom. The highest BCUT2D eigenvalue weighted by Crippen LogP contribution is 2.39. The van der Waals surface area contributed by atoms with Crippen LogP contribution in [0.5, 0.6) is 5.75 Å². The number of ether oxygens (including phenoxy) is 1. The smallest absolute Gasteiger partial charge is 0.419 e. The molecular formula is C20H20F3N5O. The Hall–Kier alpha value is -3.12. The number of aromatic nitrogens is 3. The van der Waals surface area contributed by atoms with E-state index >= 15 is 0 Å². The SMILES string of the molecule is CC(C)NCCCOc1ccc(-c2cc3[nH]cnc3c(C#N)n2)cc1C(F)(F)F. The average molecular weight is 403 g/mol. The van der Waals surface area contributed by atoms with Crippen molar-refractivity contribution in [3.8, 4) is 23.1 Å². The van der Waals surface area contributed by atoms with Crippen LogP contribution in [0, 0.1) is 11.3 Å². The van der Waals surface area contributed by atoms with Crippen molar-refractivity contribution in [2.75, 3.05) is 13.2 Å². The van der Waals surface area contributed by atoms with Crippen molar-refractivity contribution >= 4 is 11.0 Å². The second kappa shape index (κ2) is 8.49. The van der Waals surface area contributed by atoms with Gasteiger partial charge in [0.15, 0.2) is 5.69 Å². The van der Waals surface area contributed by atoms with Crippen molar-refractivity contribution in [3.63, 3.8) is 0 Å². The molecule has 0 radical (unpaired) electrons. The molecule has 0 saturated heterocycles. The highest BCUT2D eigenvalue weighted by molar-refractivity contribution is 5.83. The number of hydrogen-bond donors (Lipinski definition) is 2. The summed E-state index contributed by atoms with van der Waals surface area (Å²) < 4.78 is 46.2. The first-order chi connectivity index (χ1) is 13.8. The third-order valence-corrected chi connectivity index (χ3v) is 4.22. The highest BCUT2D eigenvalue weighted by Gasteiger charge is 2.35. The van der Waals surface area contributed by atoms with Crippen LogP contribution in [0.25, 0.3) is 22.3 Å². The summed E-state index contributed by atoms with van der Waals surface area (Å²) in [5.74, 6) is -0.228. The van der Waals surface area contributed by atoms with Crippen molar-refractivity contribution in [1.82, 2.24) is 20.3 Å². The van der Waals surface area contributed by atoms with Crippen molar-refractivity contribution in [2.45, 2.75) is 32.5 Å². The molecule has 0 bridgehead atoms. The Bertz CT molecular complexity index is 1040. The zero-order valence-electron chi connectivity index (χ0n) is 16.0. The molecule has 29 heavy (non-hydrogen) atoms. The lowest BCUT2D eigenvalue weighted by molar-refractivity contribution is -0.138. The largest absolute Gasteiger partial charge is 0.493 e. The molecule has 3 aromatic rings. The predicted molar refractivity (Wildman–Crippen MR) is 102 cm³/mol. The van der Waals surface area contributed by atoms with Crippen LogP contribution < -0.4 is 10.1 Å². The number of imidazole rings is 1. The van der Waals surface area contributed by atoms with Gasteiger partial charge in [-0.3, -0.25) is 0 Å². The molecule has 152 valence electrons. The molecule has 2 aromatic heterocycles. The summed E-state index contributed by atoms with van der Waals surface area (Å²) in [4.78, 5) is 11.0. The molecule has 0 aliphatic heterocycles. The van der Waals surface area contributed by atoms with Crippen molar-refractivity contribution < 1.29 is 17.9 Å². The van der Waals surface area contributed by atoms with Crippen LogP contribution >= 0.6 is 0 Å². The van der Waals surface area contributed by atoms with E-state index in [1.165, 1.54) is 18.5 Å². The van der Waals surface area contributed by atoms with E-state index in [1.54, 1.807) is 6.07 Å². The van der Waals surface area contributed by atoms with Gasteiger partial charge in [-0.05, 0) is 37.2 Å². The van der Waals surface area contributed by atoms with Gasteiger partial charge in [-0.1, -0.05) is 13.8 Å². The molecule has 0 atom stereocenters. The Morgan fingerprint density at radius 2 is 2.07 bits per heavy atom. The van der Waals surface area contributed by atoms with Gasteiger partial charge in [-0.2, -0.15) is 18.4 Å². The number of rotatable bonds is 7. The number of aromatic amines is 1. The van der Waals surface area contributed by atoms with Gasteiger partial charge in [-0.25, -0.2) is 9.97 Å². The first-order valence-electron chi connectivity index (χ1n) is 9.11. The molecule has 2 heterocycles. The van der Waals surface area contributed by atoms with Gasteiger partial charge in [0.25, 0.3) is 0 Å². The van der Waals surface area contributed by atoms with Gasteiger partial charge < -0.3 is 15.0 Å². The molecule has 0 saturated carbocycles. The molecule has 0 aliphatic carbocycles. The molecule has 1 aromatic carbocycles. The van der Waals surface area contributed by atoms with Crippen LogP contribution in [0.3, 0.4) is 0 Å². The maximum Gasteiger partial charge on any atom is 0.419 e. The van der Waals surface area contributed by atoms with E-state index < -0.39 is 11.7 Å². The van der Waals surface area contributed by atoms with Gasteiger partial charge >= 0.3 is 6.18 Å². The molecule has 0 spiro atoms. The van der Waals surface area contributed by atoms with E-state index in [0.29, 0.717) is 30.0 Å². The molecule has 0 fully saturated rings. The lowest BCUT2D eigenvalue weighted by Crippen LogP contribution is -2.25. The fraction of sp³-hybridized carbons (Fsp3) is 0.350. The summed E-state index contributed by atoms with van der Waals surface area (Å²) in [5.41, 5.74) is 0.554. The minimum absolute atomic E-state index is 0.0466. The molecule has 6 nitrogen and oxygen atoms in total. The van der Waals surface area contributed by atoms with E-state index in [0.717, 1.165) is 6.07 Å². The summed E-state index contributed by atoms with van der Waals surface area (Å²) >= 11 is 0. The number of hydrogen-bond acceptors (Lipinski definition) is 5. The average Bonchev–Trinajstić information content (AvgIpc) is 3.14. The van der Waals surface area contributed by atoms with Crippen molar-refractivity contribution in [3.05, 3.63) is 41.9 Å². The van der Waals surface area contributed by atoms with Crippen LogP contribution in [0.15, 0.2) is 30.6 Å². The van der Waals surface area contributed by atoms with Crippen molar-refractivity contribution in [1.29, 1.82) is 5.26 Å². The number of fused-ring (bicyclic) bond motifs is 1. The number of alkyl halides is 3. The summed E-state index contributed by atoms with van der Waals surface area (Å²) in [6.07, 6.45) is -2.60. The first kappa shape index (κ1) is 20.6. The molecule has 0 unspecified atom stereocenters. The van der Waals surface area contributed by atoms with E-state index in [9.17, 15) is 18.4 Å². The minimum Gasteiger partial charge on any atom is -0.493 e. The zero-order chi connectivity index (χ0) is 21.0. The van der Waals surface area contributed by atoms with Gasteiger partial charge in [0, 0.05) is 11.6 Å². The zero-order valence-corrected chi connectivity index (χ0v) is 16.0. The maximum atomic E-state index is 13.6. The van der Waals surface area contributed by atoms with Crippen LogP contribution in [0.2, 0.25) is 0 Å². The number of benzene rings is 1. The Labute approximate surface area is 165 Å². The molecule has 9 heteroatoms. The van der Waals surface area contributed by atoms with E-state index in [1.807, 2.05) is 19.9 Å². The second-order valence-corrected chi connectivity index (χ2v) is 6.79. The quantitative estimate of drug-likeness (QED) is 0.575. The predicted octanol–water partition coefficient (Wildman–Crippen LogP) is 4.28. The lowest BCUT2D eigenvalue weighted by atomic mass is 10.1. The Morgan fingerprint density at radius 3 is 2.76 bits per heavy atom. The first-order valence-corrected chi connectivity index (χ1v) is 9.11. The topological polar surface area (TPSA) is 86.6 Å². The molecular weight excluding hydrogens is 383 g/mol. The number of nitrogens with zero attached hydrogens (tertiary/aromatic N) is 3. The van der Waals surface area contributed by atoms with Crippen LogP contribution in [-0.2, 0) is 6.18 Å². The lowest BCUT2D eigenvalue weighted by Gasteiger charge is -2.16. The van der Waals surface area contributed by atoms with Gasteiger partial charge in [-0.15, -0.1) is 0 Å². The fourth-order valence-electron chi connectivity index (χ4n) is 2.85. The monoisotopic (exact) mass is 403 g/mol. The number of halogens is 3. The van der Waals surface area contributed by atoms with Crippen LogP contribution in [0.4, 0.5) is 13.2 Å². The number of nitriles is 1. The van der Waals surface area contributed by atoms with Crippen molar-refractivity contribution in [2.24, 2.45) is 0 Å². The third-order valence-electron chi connectivity index (χ3n) is 4.22. The van der Waals surface area contributed by atoms with Gasteiger partial charge in [0.2, 0.25) is 0 Å². The Balaban J connectivity index is 1.89. The van der Waals surface area contributed by atoms with Gasteiger partial charge in [0.1, 0.15) is 17.3 Å². The third kappa shape index (κ3) is 4.84. The fourth-order valence-corrected chi connectivity index (χ4v) is 2.85. The summed E-state index contributed by atoms with van der Waals surface area (Å²) in [6.45, 7) is 4.81. The summed E-state index contributed by atoms with van der Waals surface area (Å²) in [7, 11) is 0. The van der Waals surface area contributed by atoms with Crippen LogP contribution in [-0.4, -0.2) is 34.1 Å². The number of pyridine rings is 1. The molecule has 2 N–H and O–H groups in total. The Kier molecular flexibility index (Phi) is 6.03. The van der Waals surface area contributed by atoms with E-state index in [2.05, 4.69) is 20.3 Å².